The number of aliphatic carboxylic acids is 1. The summed E-state index contributed by atoms with van der Waals surface area (Å²) in [6.45, 7) is 0.757. The SMILES string of the molecule is CS(=O)(=O)N(C/C=C\CCCC(=O)O)CCCC(O)COc1ccc2c(c1)OCO2. The highest BCUT2D eigenvalue weighted by Crippen LogP contribution is 2.35. The minimum absolute atomic E-state index is 0.0853. The Morgan fingerprint density at radius 1 is 1.27 bits per heavy atom. The van der Waals surface area contributed by atoms with Crippen LogP contribution in [0.5, 0.6) is 17.2 Å². The van der Waals surface area contributed by atoms with Crippen LogP contribution in [0, 0.1) is 0 Å². The molecule has 0 spiro atoms. The van der Waals surface area contributed by atoms with Crippen molar-refractivity contribution in [2.45, 2.75) is 38.2 Å². The van der Waals surface area contributed by atoms with Crippen molar-refractivity contribution in [3.8, 4) is 17.2 Å². The molecule has 0 aromatic heterocycles. The number of sulfonamides is 1. The zero-order valence-corrected chi connectivity index (χ0v) is 17.8. The van der Waals surface area contributed by atoms with Crippen molar-refractivity contribution in [3.05, 3.63) is 30.4 Å². The van der Waals surface area contributed by atoms with Gasteiger partial charge in [0.05, 0.1) is 12.4 Å². The first-order valence-corrected chi connectivity index (χ1v) is 11.6. The average Bonchev–Trinajstić information content (AvgIpc) is 3.14. The predicted molar refractivity (Wildman–Crippen MR) is 110 cm³/mol. The molecule has 0 radical (unpaired) electrons. The van der Waals surface area contributed by atoms with Crippen LogP contribution in [0.2, 0.25) is 0 Å². The van der Waals surface area contributed by atoms with E-state index in [4.69, 9.17) is 19.3 Å². The highest BCUT2D eigenvalue weighted by atomic mass is 32.2. The number of fused-ring (bicyclic) bond motifs is 1. The van der Waals surface area contributed by atoms with E-state index < -0.39 is 22.1 Å². The average molecular weight is 444 g/mol. The Labute approximate surface area is 176 Å². The number of unbranched alkanes of at least 4 members (excludes halogenated alkanes) is 1. The van der Waals surface area contributed by atoms with Gasteiger partial charge in [-0.2, -0.15) is 4.31 Å². The number of hydrogen-bond acceptors (Lipinski definition) is 7. The fourth-order valence-electron chi connectivity index (χ4n) is 2.82. The minimum atomic E-state index is -3.38. The molecule has 0 amide bonds. The third-order valence-corrected chi connectivity index (χ3v) is 5.71. The molecule has 0 bridgehead atoms. The molecule has 0 saturated carbocycles. The molecule has 2 N–H and O–H groups in total. The number of aliphatic hydroxyl groups is 1. The number of aliphatic hydroxyl groups excluding tert-OH is 1. The van der Waals surface area contributed by atoms with E-state index in [1.165, 1.54) is 4.31 Å². The van der Waals surface area contributed by atoms with Crippen LogP contribution in [-0.2, 0) is 14.8 Å². The van der Waals surface area contributed by atoms with Crippen LogP contribution in [0.3, 0.4) is 0 Å². The van der Waals surface area contributed by atoms with Crippen LogP contribution in [0.1, 0.15) is 32.1 Å². The Bertz CT molecular complexity index is 824. The maximum absolute atomic E-state index is 11.9. The summed E-state index contributed by atoms with van der Waals surface area (Å²) in [4.78, 5) is 10.5. The lowest BCUT2D eigenvalue weighted by Crippen LogP contribution is -2.32. The minimum Gasteiger partial charge on any atom is -0.491 e. The lowest BCUT2D eigenvalue weighted by Gasteiger charge is -2.19. The van der Waals surface area contributed by atoms with E-state index in [2.05, 4.69) is 0 Å². The number of allylic oxidation sites excluding steroid dienone is 1. The highest BCUT2D eigenvalue weighted by Gasteiger charge is 2.17. The number of nitrogens with zero attached hydrogens (tertiary/aromatic N) is 1. The van der Waals surface area contributed by atoms with Crippen molar-refractivity contribution in [1.82, 2.24) is 4.31 Å². The Kier molecular flexibility index (Phi) is 9.41. The van der Waals surface area contributed by atoms with Gasteiger partial charge in [-0.25, -0.2) is 8.42 Å². The predicted octanol–water partition coefficient (Wildman–Crippen LogP) is 2.01. The van der Waals surface area contributed by atoms with Crippen LogP contribution in [-0.4, -0.2) is 67.8 Å². The summed E-state index contributed by atoms with van der Waals surface area (Å²) >= 11 is 0. The van der Waals surface area contributed by atoms with Crippen molar-refractivity contribution >= 4 is 16.0 Å². The van der Waals surface area contributed by atoms with Gasteiger partial charge in [-0.15, -0.1) is 0 Å². The van der Waals surface area contributed by atoms with Crippen LogP contribution in [0.25, 0.3) is 0 Å². The van der Waals surface area contributed by atoms with E-state index in [0.29, 0.717) is 42.9 Å². The van der Waals surface area contributed by atoms with Crippen LogP contribution in [0.4, 0.5) is 0 Å². The number of ether oxygens (including phenoxy) is 3. The molecule has 1 heterocycles. The standard InChI is InChI=1S/C20H29NO8S/c1-30(25,26)21(11-5-3-2-4-8-20(23)24)12-6-7-16(22)14-27-17-9-10-18-19(13-17)29-15-28-18/h3,5,9-10,13,16,22H,2,4,6-8,11-12,14-15H2,1H3,(H,23,24)/b5-3-. The van der Waals surface area contributed by atoms with Gasteiger partial charge in [-0.1, -0.05) is 12.2 Å². The summed E-state index contributed by atoms with van der Waals surface area (Å²) < 4.78 is 41.2. The van der Waals surface area contributed by atoms with Crippen LogP contribution >= 0.6 is 0 Å². The third kappa shape index (κ3) is 8.60. The van der Waals surface area contributed by atoms with Gasteiger partial charge in [0.15, 0.2) is 11.5 Å². The molecular weight excluding hydrogens is 414 g/mol. The van der Waals surface area contributed by atoms with Gasteiger partial charge >= 0.3 is 5.97 Å². The molecule has 2 rings (SSSR count). The van der Waals surface area contributed by atoms with Gasteiger partial charge < -0.3 is 24.4 Å². The zero-order valence-electron chi connectivity index (χ0n) is 17.0. The van der Waals surface area contributed by atoms with Gasteiger partial charge in [-0.3, -0.25) is 4.79 Å². The fourth-order valence-corrected chi connectivity index (χ4v) is 3.64. The topological polar surface area (TPSA) is 123 Å². The second kappa shape index (κ2) is 11.8. The molecule has 1 aromatic carbocycles. The summed E-state index contributed by atoms with van der Waals surface area (Å²) in [6, 6.07) is 5.17. The van der Waals surface area contributed by atoms with Gasteiger partial charge in [0, 0.05) is 25.6 Å². The van der Waals surface area contributed by atoms with Crippen molar-refractivity contribution in [2.24, 2.45) is 0 Å². The quantitative estimate of drug-likeness (QED) is 0.331. The lowest BCUT2D eigenvalue weighted by atomic mass is 10.2. The molecule has 1 aliphatic rings. The molecular formula is C20H29NO8S. The first-order chi connectivity index (χ1) is 14.3. The molecule has 1 unspecified atom stereocenters. The fraction of sp³-hybridized carbons (Fsp3) is 0.550. The van der Waals surface area contributed by atoms with Gasteiger partial charge in [0.1, 0.15) is 12.4 Å². The Balaban J connectivity index is 1.69. The maximum Gasteiger partial charge on any atom is 0.303 e. The molecule has 0 fully saturated rings. The van der Waals surface area contributed by atoms with Crippen molar-refractivity contribution in [3.63, 3.8) is 0 Å². The van der Waals surface area contributed by atoms with Gasteiger partial charge in [-0.05, 0) is 37.8 Å². The summed E-state index contributed by atoms with van der Waals surface area (Å²) in [5, 5.41) is 18.7. The number of hydrogen-bond donors (Lipinski definition) is 2. The molecule has 0 saturated heterocycles. The molecule has 168 valence electrons. The van der Waals surface area contributed by atoms with Crippen LogP contribution < -0.4 is 14.2 Å². The summed E-state index contributed by atoms with van der Waals surface area (Å²) in [5.41, 5.74) is 0. The van der Waals surface area contributed by atoms with E-state index in [1.54, 1.807) is 30.4 Å². The Morgan fingerprint density at radius 2 is 2.03 bits per heavy atom. The first-order valence-electron chi connectivity index (χ1n) is 9.78. The Morgan fingerprint density at radius 3 is 2.77 bits per heavy atom. The number of rotatable bonds is 14. The van der Waals surface area contributed by atoms with E-state index in [1.807, 2.05) is 0 Å². The second-order valence-electron chi connectivity index (χ2n) is 7.00. The summed E-state index contributed by atoms with van der Waals surface area (Å²) in [6.07, 6.45) is 5.97. The second-order valence-corrected chi connectivity index (χ2v) is 8.98. The number of carbonyl (C=O) groups is 1. The number of benzene rings is 1. The summed E-state index contributed by atoms with van der Waals surface area (Å²) in [5.74, 6) is 0.966. The van der Waals surface area contributed by atoms with Crippen molar-refractivity contribution < 1.29 is 37.6 Å². The van der Waals surface area contributed by atoms with E-state index in [0.717, 1.165) is 6.26 Å². The highest BCUT2D eigenvalue weighted by molar-refractivity contribution is 7.88. The smallest absolute Gasteiger partial charge is 0.303 e. The Hall–Kier alpha value is -2.30. The lowest BCUT2D eigenvalue weighted by molar-refractivity contribution is -0.137. The van der Waals surface area contributed by atoms with E-state index >= 15 is 0 Å². The monoisotopic (exact) mass is 443 g/mol. The van der Waals surface area contributed by atoms with Crippen molar-refractivity contribution in [2.75, 3.05) is 32.7 Å². The zero-order chi connectivity index (χ0) is 22.0. The molecule has 9 nitrogen and oxygen atoms in total. The van der Waals surface area contributed by atoms with Gasteiger partial charge in [0.2, 0.25) is 16.8 Å². The molecule has 1 aliphatic heterocycles. The molecule has 1 aromatic rings. The van der Waals surface area contributed by atoms with Gasteiger partial charge in [0.25, 0.3) is 0 Å². The molecule has 0 aliphatic carbocycles. The number of carboxylic acid groups (broad SMARTS) is 1. The van der Waals surface area contributed by atoms with Crippen molar-refractivity contribution in [1.29, 1.82) is 0 Å². The maximum atomic E-state index is 11.9. The molecule has 10 heteroatoms. The van der Waals surface area contributed by atoms with E-state index in [-0.39, 0.29) is 32.9 Å². The first kappa shape index (κ1) is 24.0. The normalized spacial score (nSPS) is 14.4. The molecule has 1 atom stereocenters. The van der Waals surface area contributed by atoms with Crippen LogP contribution in [0.15, 0.2) is 30.4 Å². The number of carboxylic acids is 1. The summed E-state index contributed by atoms with van der Waals surface area (Å²) in [7, 11) is -3.38. The van der Waals surface area contributed by atoms with E-state index in [9.17, 15) is 18.3 Å². The molecule has 30 heavy (non-hydrogen) atoms. The largest absolute Gasteiger partial charge is 0.491 e. The third-order valence-electron chi connectivity index (χ3n) is 4.44.